The summed E-state index contributed by atoms with van der Waals surface area (Å²) in [6.07, 6.45) is 3.35. The molecule has 1 atom stereocenters. The highest BCUT2D eigenvalue weighted by molar-refractivity contribution is 7.09. The van der Waals surface area contributed by atoms with E-state index in [1.165, 1.54) is 4.88 Å². The molecule has 1 unspecified atom stereocenters. The van der Waals surface area contributed by atoms with Crippen LogP contribution in [0.4, 0.5) is 0 Å². The van der Waals surface area contributed by atoms with E-state index < -0.39 is 0 Å². The second-order valence-electron chi connectivity index (χ2n) is 3.85. The molecule has 0 aliphatic carbocycles. The van der Waals surface area contributed by atoms with Crippen molar-refractivity contribution in [1.82, 2.24) is 5.32 Å². The third-order valence-corrected chi connectivity index (χ3v) is 3.43. The predicted molar refractivity (Wildman–Crippen MR) is 70.2 cm³/mol. The normalized spacial score (nSPS) is 12.4. The van der Waals surface area contributed by atoms with Crippen molar-refractivity contribution in [3.05, 3.63) is 22.4 Å². The van der Waals surface area contributed by atoms with Gasteiger partial charge in [-0.3, -0.25) is 4.79 Å². The molecule has 1 rings (SSSR count). The van der Waals surface area contributed by atoms with Gasteiger partial charge in [0.2, 0.25) is 5.91 Å². The van der Waals surface area contributed by atoms with E-state index in [9.17, 15) is 4.79 Å². The molecule has 0 bridgehead atoms. The molecule has 0 saturated heterocycles. The first-order valence-corrected chi connectivity index (χ1v) is 6.93. The maximum atomic E-state index is 11.4. The predicted octanol–water partition coefficient (Wildman–Crippen LogP) is 3.20. The first-order valence-electron chi connectivity index (χ1n) is 5.61. The number of aryl methyl sites for hydroxylation is 1. The number of hydrogen-bond acceptors (Lipinski definition) is 2. The summed E-state index contributed by atoms with van der Waals surface area (Å²) in [5.74, 6) is 0.133. The molecule has 0 aliphatic rings. The first-order chi connectivity index (χ1) is 7.68. The van der Waals surface area contributed by atoms with Crippen LogP contribution in [0.5, 0.6) is 0 Å². The average Bonchev–Trinajstić information content (AvgIpc) is 2.70. The molecule has 2 nitrogen and oxygen atoms in total. The Morgan fingerprint density at radius 1 is 1.62 bits per heavy atom. The van der Waals surface area contributed by atoms with E-state index in [2.05, 4.69) is 16.8 Å². The fourth-order valence-electron chi connectivity index (χ4n) is 1.38. The Kier molecular flexibility index (Phi) is 6.50. The molecule has 0 spiro atoms. The van der Waals surface area contributed by atoms with Crippen molar-refractivity contribution in [3.8, 4) is 0 Å². The Morgan fingerprint density at radius 2 is 2.44 bits per heavy atom. The van der Waals surface area contributed by atoms with Crippen molar-refractivity contribution in [1.29, 1.82) is 0 Å². The molecular weight excluding hydrogens is 242 g/mol. The Morgan fingerprint density at radius 3 is 3.06 bits per heavy atom. The molecule has 1 amide bonds. The fourth-order valence-corrected chi connectivity index (χ4v) is 2.24. The molecule has 0 aromatic carbocycles. The zero-order valence-electron chi connectivity index (χ0n) is 9.54. The van der Waals surface area contributed by atoms with E-state index in [0.29, 0.717) is 13.0 Å². The highest BCUT2D eigenvalue weighted by Crippen LogP contribution is 2.11. The van der Waals surface area contributed by atoms with Gasteiger partial charge in [0.25, 0.3) is 0 Å². The summed E-state index contributed by atoms with van der Waals surface area (Å²) < 4.78 is 0. The van der Waals surface area contributed by atoms with Crippen LogP contribution in [0.2, 0.25) is 0 Å². The van der Waals surface area contributed by atoms with Gasteiger partial charge in [0.1, 0.15) is 0 Å². The number of hydrogen-bond donors (Lipinski definition) is 1. The second-order valence-corrected chi connectivity index (χ2v) is 5.63. The number of amides is 1. The van der Waals surface area contributed by atoms with Gasteiger partial charge >= 0.3 is 0 Å². The van der Waals surface area contributed by atoms with E-state index in [4.69, 9.17) is 11.6 Å². The summed E-state index contributed by atoms with van der Waals surface area (Å²) in [6, 6.07) is 4.15. The van der Waals surface area contributed by atoms with Gasteiger partial charge in [0.05, 0.1) is 0 Å². The van der Waals surface area contributed by atoms with E-state index >= 15 is 0 Å². The van der Waals surface area contributed by atoms with Crippen LogP contribution in [0.1, 0.15) is 31.1 Å². The van der Waals surface area contributed by atoms with Crippen LogP contribution in [0.25, 0.3) is 0 Å². The van der Waals surface area contributed by atoms with Gasteiger partial charge in [-0.15, -0.1) is 22.9 Å². The van der Waals surface area contributed by atoms with Gasteiger partial charge in [-0.25, -0.2) is 0 Å². The summed E-state index contributed by atoms with van der Waals surface area (Å²) in [6.45, 7) is 2.62. The van der Waals surface area contributed by atoms with Crippen LogP contribution in [-0.2, 0) is 11.2 Å². The quantitative estimate of drug-likeness (QED) is 0.749. The minimum absolute atomic E-state index is 0.131. The molecule has 0 aliphatic heterocycles. The summed E-state index contributed by atoms with van der Waals surface area (Å²) in [4.78, 5) is 12.8. The zero-order chi connectivity index (χ0) is 11.8. The van der Waals surface area contributed by atoms with Crippen LogP contribution in [0.15, 0.2) is 17.5 Å². The van der Waals surface area contributed by atoms with Gasteiger partial charge in [-0.1, -0.05) is 6.07 Å². The van der Waals surface area contributed by atoms with Crippen LogP contribution in [0, 0.1) is 0 Å². The minimum atomic E-state index is 0.131. The lowest BCUT2D eigenvalue weighted by atomic mass is 10.2. The highest BCUT2D eigenvalue weighted by Gasteiger charge is 2.02. The van der Waals surface area contributed by atoms with Crippen molar-refractivity contribution in [2.24, 2.45) is 0 Å². The lowest BCUT2D eigenvalue weighted by Crippen LogP contribution is -2.25. The van der Waals surface area contributed by atoms with Gasteiger partial charge in [-0.05, 0) is 37.6 Å². The molecule has 16 heavy (non-hydrogen) atoms. The molecule has 90 valence electrons. The van der Waals surface area contributed by atoms with E-state index in [1.807, 2.05) is 13.0 Å². The Bertz CT molecular complexity index is 298. The van der Waals surface area contributed by atoms with Gasteiger partial charge in [-0.2, -0.15) is 0 Å². The average molecular weight is 260 g/mol. The maximum absolute atomic E-state index is 11.4. The van der Waals surface area contributed by atoms with Gasteiger partial charge in [0.15, 0.2) is 0 Å². The third-order valence-electron chi connectivity index (χ3n) is 2.27. The van der Waals surface area contributed by atoms with Crippen LogP contribution in [0.3, 0.4) is 0 Å². The second kappa shape index (κ2) is 7.69. The van der Waals surface area contributed by atoms with Gasteiger partial charge in [0, 0.05) is 23.2 Å². The molecule has 1 aromatic rings. The van der Waals surface area contributed by atoms with Crippen molar-refractivity contribution >= 4 is 28.8 Å². The molecule has 0 saturated carbocycles. The number of thiophene rings is 1. The van der Waals surface area contributed by atoms with E-state index in [-0.39, 0.29) is 11.3 Å². The molecular formula is C12H18ClNOS. The molecule has 1 aromatic heterocycles. The van der Waals surface area contributed by atoms with Gasteiger partial charge < -0.3 is 5.32 Å². The number of rotatable bonds is 7. The standard InChI is InChI=1S/C12H18ClNOS/c1-10(13)7-8-14-12(15)6-2-4-11-5-3-9-16-11/h3,5,9-10H,2,4,6-8H2,1H3,(H,14,15). The number of carbonyl (C=O) groups excluding carboxylic acids is 1. The lowest BCUT2D eigenvalue weighted by molar-refractivity contribution is -0.121. The molecule has 4 heteroatoms. The van der Waals surface area contributed by atoms with E-state index in [0.717, 1.165) is 19.3 Å². The SMILES string of the molecule is CC(Cl)CCNC(=O)CCCc1cccs1. The third kappa shape index (κ3) is 6.13. The Balaban J connectivity index is 2.02. The van der Waals surface area contributed by atoms with E-state index in [1.54, 1.807) is 11.3 Å². The molecule has 1 N–H and O–H groups in total. The van der Waals surface area contributed by atoms with Crippen LogP contribution >= 0.6 is 22.9 Å². The molecule has 1 heterocycles. The Labute approximate surface area is 106 Å². The first kappa shape index (κ1) is 13.5. The smallest absolute Gasteiger partial charge is 0.220 e. The Hall–Kier alpha value is -0.540. The van der Waals surface area contributed by atoms with Crippen molar-refractivity contribution in [3.63, 3.8) is 0 Å². The summed E-state index contributed by atoms with van der Waals surface area (Å²) in [7, 11) is 0. The summed E-state index contributed by atoms with van der Waals surface area (Å²) in [5.41, 5.74) is 0. The number of nitrogens with one attached hydrogen (secondary N) is 1. The van der Waals surface area contributed by atoms with Crippen molar-refractivity contribution in [2.75, 3.05) is 6.54 Å². The molecule has 0 radical (unpaired) electrons. The summed E-state index contributed by atoms with van der Waals surface area (Å²) in [5, 5.41) is 5.07. The number of halogens is 1. The highest BCUT2D eigenvalue weighted by atomic mass is 35.5. The van der Waals surface area contributed by atoms with Crippen molar-refractivity contribution < 1.29 is 4.79 Å². The van der Waals surface area contributed by atoms with Crippen molar-refractivity contribution in [2.45, 2.75) is 38.0 Å². The topological polar surface area (TPSA) is 29.1 Å². The number of carbonyl (C=O) groups is 1. The largest absolute Gasteiger partial charge is 0.356 e. The zero-order valence-corrected chi connectivity index (χ0v) is 11.1. The summed E-state index contributed by atoms with van der Waals surface area (Å²) >= 11 is 7.53. The fraction of sp³-hybridized carbons (Fsp3) is 0.583. The maximum Gasteiger partial charge on any atom is 0.220 e. The minimum Gasteiger partial charge on any atom is -0.356 e. The lowest BCUT2D eigenvalue weighted by Gasteiger charge is -2.05. The monoisotopic (exact) mass is 259 g/mol. The molecule has 0 fully saturated rings. The number of alkyl halides is 1. The van der Waals surface area contributed by atoms with Crippen LogP contribution in [-0.4, -0.2) is 17.8 Å². The van der Waals surface area contributed by atoms with Crippen LogP contribution < -0.4 is 5.32 Å².